The third-order valence-corrected chi connectivity index (χ3v) is 3.43. The molecule has 100 valence electrons. The minimum Gasteiger partial charge on any atom is -0.465 e. The predicted octanol–water partition coefficient (Wildman–Crippen LogP) is 1.72. The van der Waals surface area contributed by atoms with E-state index in [1.54, 1.807) is 0 Å². The summed E-state index contributed by atoms with van der Waals surface area (Å²) in [5, 5.41) is 0. The van der Waals surface area contributed by atoms with E-state index in [1.807, 2.05) is 0 Å². The zero-order valence-corrected chi connectivity index (χ0v) is 11.0. The predicted molar refractivity (Wildman–Crippen MR) is 66.6 cm³/mol. The highest BCUT2D eigenvalue weighted by Crippen LogP contribution is 2.30. The number of hydrogen-bond donors (Lipinski definition) is 1. The molecule has 0 bridgehead atoms. The molecule has 0 saturated carbocycles. The van der Waals surface area contributed by atoms with E-state index in [1.165, 1.54) is 0 Å². The molecule has 1 fully saturated rings. The van der Waals surface area contributed by atoms with Crippen molar-refractivity contribution < 1.29 is 14.3 Å². The second kappa shape index (κ2) is 6.97. The summed E-state index contributed by atoms with van der Waals surface area (Å²) in [5.41, 5.74) is 5.25. The summed E-state index contributed by atoms with van der Waals surface area (Å²) in [7, 11) is 0. The lowest BCUT2D eigenvalue weighted by Gasteiger charge is -2.33. The van der Waals surface area contributed by atoms with Gasteiger partial charge in [-0.3, -0.25) is 4.79 Å². The number of hydrogen-bond acceptors (Lipinski definition) is 4. The Kier molecular flexibility index (Phi) is 5.92. The maximum absolute atomic E-state index is 12.0. The van der Waals surface area contributed by atoms with E-state index in [4.69, 9.17) is 15.2 Å². The molecule has 1 aliphatic rings. The van der Waals surface area contributed by atoms with Crippen molar-refractivity contribution in [1.82, 2.24) is 0 Å². The molecule has 0 atom stereocenters. The summed E-state index contributed by atoms with van der Waals surface area (Å²) in [6, 6.07) is 0. The lowest BCUT2D eigenvalue weighted by atomic mass is 9.80. The molecular weight excluding hydrogens is 218 g/mol. The van der Waals surface area contributed by atoms with Crippen LogP contribution < -0.4 is 5.73 Å². The molecule has 0 aromatic rings. The Morgan fingerprint density at radius 1 is 1.41 bits per heavy atom. The third kappa shape index (κ3) is 4.28. The molecule has 4 nitrogen and oxygen atoms in total. The van der Waals surface area contributed by atoms with Gasteiger partial charge >= 0.3 is 5.97 Å². The van der Waals surface area contributed by atoms with Gasteiger partial charge in [-0.05, 0) is 31.6 Å². The highest BCUT2D eigenvalue weighted by Gasteiger charge is 2.40. The van der Waals surface area contributed by atoms with Gasteiger partial charge in [0.2, 0.25) is 0 Å². The Hall–Kier alpha value is -0.610. The SMILES string of the molecule is CC(C)CCCOC(=O)C1(CN)CCOCC1. The first-order valence-corrected chi connectivity index (χ1v) is 6.56. The van der Waals surface area contributed by atoms with Crippen LogP contribution in [0.1, 0.15) is 39.5 Å². The Labute approximate surface area is 104 Å². The van der Waals surface area contributed by atoms with Crippen LogP contribution >= 0.6 is 0 Å². The van der Waals surface area contributed by atoms with Gasteiger partial charge in [0.25, 0.3) is 0 Å². The van der Waals surface area contributed by atoms with Crippen molar-refractivity contribution in [2.24, 2.45) is 17.1 Å². The van der Waals surface area contributed by atoms with Crippen molar-refractivity contribution in [2.75, 3.05) is 26.4 Å². The molecule has 1 saturated heterocycles. The molecule has 0 aromatic heterocycles. The van der Waals surface area contributed by atoms with Gasteiger partial charge in [-0.2, -0.15) is 0 Å². The molecule has 0 amide bonds. The monoisotopic (exact) mass is 243 g/mol. The quantitative estimate of drug-likeness (QED) is 0.570. The third-order valence-electron chi connectivity index (χ3n) is 3.43. The van der Waals surface area contributed by atoms with E-state index in [0.717, 1.165) is 12.8 Å². The van der Waals surface area contributed by atoms with Gasteiger partial charge < -0.3 is 15.2 Å². The molecule has 0 aromatic carbocycles. The highest BCUT2D eigenvalue weighted by molar-refractivity contribution is 5.77. The van der Waals surface area contributed by atoms with Gasteiger partial charge in [0.1, 0.15) is 0 Å². The fraction of sp³-hybridized carbons (Fsp3) is 0.923. The maximum Gasteiger partial charge on any atom is 0.313 e. The van der Waals surface area contributed by atoms with E-state index in [9.17, 15) is 4.79 Å². The summed E-state index contributed by atoms with van der Waals surface area (Å²) in [6.45, 7) is 6.43. The second-order valence-corrected chi connectivity index (χ2v) is 5.27. The van der Waals surface area contributed by atoms with Crippen LogP contribution in [0.2, 0.25) is 0 Å². The standard InChI is InChI=1S/C13H25NO3/c1-11(2)4-3-7-17-12(15)13(10-14)5-8-16-9-6-13/h11H,3-10,14H2,1-2H3. The van der Waals surface area contributed by atoms with E-state index in [2.05, 4.69) is 13.8 Å². The van der Waals surface area contributed by atoms with Gasteiger partial charge in [-0.15, -0.1) is 0 Å². The topological polar surface area (TPSA) is 61.5 Å². The second-order valence-electron chi connectivity index (χ2n) is 5.27. The maximum atomic E-state index is 12.0. The lowest BCUT2D eigenvalue weighted by molar-refractivity contribution is -0.161. The Morgan fingerprint density at radius 3 is 2.59 bits per heavy atom. The molecule has 1 rings (SSSR count). The first-order chi connectivity index (χ1) is 8.10. The van der Waals surface area contributed by atoms with Crippen molar-refractivity contribution in [2.45, 2.75) is 39.5 Å². The van der Waals surface area contributed by atoms with Crippen LogP contribution in [-0.4, -0.2) is 32.3 Å². The number of carbonyl (C=O) groups is 1. The zero-order valence-electron chi connectivity index (χ0n) is 11.0. The highest BCUT2D eigenvalue weighted by atomic mass is 16.5. The molecule has 0 spiro atoms. The van der Waals surface area contributed by atoms with Crippen LogP contribution in [0.5, 0.6) is 0 Å². The van der Waals surface area contributed by atoms with E-state index >= 15 is 0 Å². The van der Waals surface area contributed by atoms with E-state index < -0.39 is 5.41 Å². The summed E-state index contributed by atoms with van der Waals surface area (Å²) >= 11 is 0. The molecule has 1 heterocycles. The minimum absolute atomic E-state index is 0.132. The summed E-state index contributed by atoms with van der Waals surface area (Å²) in [6.07, 6.45) is 3.39. The van der Waals surface area contributed by atoms with E-state index in [-0.39, 0.29) is 5.97 Å². The van der Waals surface area contributed by atoms with Gasteiger partial charge in [-0.1, -0.05) is 13.8 Å². The van der Waals surface area contributed by atoms with Crippen molar-refractivity contribution in [3.63, 3.8) is 0 Å². The van der Waals surface area contributed by atoms with Crippen LogP contribution in [0, 0.1) is 11.3 Å². The smallest absolute Gasteiger partial charge is 0.313 e. The first-order valence-electron chi connectivity index (χ1n) is 6.56. The molecule has 1 aliphatic heterocycles. The number of nitrogens with two attached hydrogens (primary N) is 1. The molecular formula is C13H25NO3. The fourth-order valence-corrected chi connectivity index (χ4v) is 2.06. The number of ether oxygens (including phenoxy) is 2. The van der Waals surface area contributed by atoms with E-state index in [0.29, 0.717) is 45.1 Å². The Balaban J connectivity index is 2.33. The molecule has 0 radical (unpaired) electrons. The largest absolute Gasteiger partial charge is 0.465 e. The summed E-state index contributed by atoms with van der Waals surface area (Å²) in [4.78, 5) is 12.0. The number of carbonyl (C=O) groups excluding carboxylic acids is 1. The molecule has 2 N–H and O–H groups in total. The van der Waals surface area contributed by atoms with Crippen molar-refractivity contribution in [1.29, 1.82) is 0 Å². The Bertz CT molecular complexity index is 235. The Morgan fingerprint density at radius 2 is 2.06 bits per heavy atom. The molecule has 0 aliphatic carbocycles. The van der Waals surface area contributed by atoms with Crippen molar-refractivity contribution in [3.05, 3.63) is 0 Å². The zero-order chi connectivity index (χ0) is 12.7. The van der Waals surface area contributed by atoms with Crippen LogP contribution in [0.4, 0.5) is 0 Å². The van der Waals surface area contributed by atoms with Gasteiger partial charge in [0.15, 0.2) is 0 Å². The normalized spacial score (nSPS) is 19.3. The fourth-order valence-electron chi connectivity index (χ4n) is 2.06. The molecule has 0 unspecified atom stereocenters. The number of rotatable bonds is 6. The van der Waals surface area contributed by atoms with Gasteiger partial charge in [-0.25, -0.2) is 0 Å². The van der Waals surface area contributed by atoms with Crippen LogP contribution in [0.3, 0.4) is 0 Å². The average Bonchev–Trinajstić information content (AvgIpc) is 2.35. The molecule has 17 heavy (non-hydrogen) atoms. The lowest BCUT2D eigenvalue weighted by Crippen LogP contribution is -2.44. The minimum atomic E-state index is -0.490. The van der Waals surface area contributed by atoms with Crippen molar-refractivity contribution >= 4 is 5.97 Å². The van der Waals surface area contributed by atoms with Crippen LogP contribution in [0.15, 0.2) is 0 Å². The van der Waals surface area contributed by atoms with Crippen LogP contribution in [0.25, 0.3) is 0 Å². The van der Waals surface area contributed by atoms with Crippen LogP contribution in [-0.2, 0) is 14.3 Å². The summed E-state index contributed by atoms with van der Waals surface area (Å²) < 4.78 is 10.6. The first kappa shape index (κ1) is 14.5. The van der Waals surface area contributed by atoms with Gasteiger partial charge in [0, 0.05) is 19.8 Å². The van der Waals surface area contributed by atoms with Gasteiger partial charge in [0.05, 0.1) is 12.0 Å². The number of esters is 1. The average molecular weight is 243 g/mol. The summed E-state index contributed by atoms with van der Waals surface area (Å²) in [5.74, 6) is 0.521. The van der Waals surface area contributed by atoms with Crippen molar-refractivity contribution in [3.8, 4) is 0 Å². The molecule has 4 heteroatoms.